The average molecular weight is 224 g/mol. The molecule has 1 aromatic rings. The Kier molecular flexibility index (Phi) is 4.61. The Labute approximate surface area is 96.5 Å². The lowest BCUT2D eigenvalue weighted by molar-refractivity contribution is 0.0872. The van der Waals surface area contributed by atoms with Gasteiger partial charge in [0.25, 0.3) is 0 Å². The predicted octanol–water partition coefficient (Wildman–Crippen LogP) is 2.06. The summed E-state index contributed by atoms with van der Waals surface area (Å²) in [4.78, 5) is 12.6. The van der Waals surface area contributed by atoms with Crippen molar-refractivity contribution in [2.24, 2.45) is 0 Å². The summed E-state index contributed by atoms with van der Waals surface area (Å²) in [7, 11) is 1.66. The van der Waals surface area contributed by atoms with E-state index in [2.05, 4.69) is 21.9 Å². The van der Waals surface area contributed by atoms with Gasteiger partial charge in [-0.05, 0) is 6.42 Å². The minimum absolute atomic E-state index is 0.0900. The molecule has 0 saturated carbocycles. The van der Waals surface area contributed by atoms with Crippen LogP contribution in [0.5, 0.6) is 0 Å². The summed E-state index contributed by atoms with van der Waals surface area (Å²) in [5.74, 6) is 1.87. The first-order chi connectivity index (χ1) is 7.58. The number of methoxy groups -OCH3 is 1. The summed E-state index contributed by atoms with van der Waals surface area (Å²) in [6.07, 6.45) is 1.81. The van der Waals surface area contributed by atoms with Crippen LogP contribution >= 0.6 is 0 Å². The maximum absolute atomic E-state index is 5.67. The second kappa shape index (κ2) is 5.75. The quantitative estimate of drug-likeness (QED) is 0.828. The van der Waals surface area contributed by atoms with E-state index in [9.17, 15) is 0 Å². The van der Waals surface area contributed by atoms with Crippen molar-refractivity contribution in [2.75, 3.05) is 12.8 Å². The van der Waals surface area contributed by atoms with E-state index in [-0.39, 0.29) is 18.0 Å². The molecule has 1 aromatic heterocycles. The predicted molar refractivity (Wildman–Crippen MR) is 63.0 cm³/mol. The van der Waals surface area contributed by atoms with Crippen LogP contribution in [0.4, 0.5) is 5.95 Å². The molecule has 0 aliphatic rings. The fourth-order valence-electron chi connectivity index (χ4n) is 1.44. The third kappa shape index (κ3) is 3.13. The lowest BCUT2D eigenvalue weighted by Gasteiger charge is -2.14. The van der Waals surface area contributed by atoms with Crippen molar-refractivity contribution in [1.29, 1.82) is 0 Å². The lowest BCUT2D eigenvalue weighted by atomic mass is 10.2. The zero-order valence-corrected chi connectivity index (χ0v) is 10.4. The van der Waals surface area contributed by atoms with Gasteiger partial charge in [0.05, 0.1) is 0 Å². The van der Waals surface area contributed by atoms with Crippen molar-refractivity contribution in [3.8, 4) is 0 Å². The van der Waals surface area contributed by atoms with E-state index in [1.165, 1.54) is 0 Å². The van der Waals surface area contributed by atoms with Gasteiger partial charge in [0.1, 0.15) is 11.9 Å². The van der Waals surface area contributed by atoms with Crippen LogP contribution in [0.3, 0.4) is 0 Å². The monoisotopic (exact) mass is 224 g/mol. The second-order valence-corrected chi connectivity index (χ2v) is 4.08. The standard InChI is InChI=1S/C11H20N4O/c1-5-6-8(16-4)10-13-9(7(2)3)14-11(12)15-10/h7-8H,5-6H2,1-4H3,(H2,12,13,14,15). The van der Waals surface area contributed by atoms with Crippen LogP contribution in [0.2, 0.25) is 0 Å². The van der Waals surface area contributed by atoms with Gasteiger partial charge in [0.2, 0.25) is 5.95 Å². The molecule has 1 unspecified atom stereocenters. The third-order valence-electron chi connectivity index (χ3n) is 2.33. The first-order valence-electron chi connectivity index (χ1n) is 5.62. The number of aromatic nitrogens is 3. The second-order valence-electron chi connectivity index (χ2n) is 4.08. The number of nitrogens with two attached hydrogens (primary N) is 1. The molecule has 0 fully saturated rings. The molecule has 0 aliphatic carbocycles. The Morgan fingerprint density at radius 3 is 2.31 bits per heavy atom. The van der Waals surface area contributed by atoms with E-state index in [4.69, 9.17) is 10.5 Å². The summed E-state index contributed by atoms with van der Waals surface area (Å²) in [5, 5.41) is 0. The molecule has 0 radical (unpaired) electrons. The molecule has 1 atom stereocenters. The van der Waals surface area contributed by atoms with Crippen LogP contribution in [0.15, 0.2) is 0 Å². The molecule has 0 aromatic carbocycles. The Bertz CT molecular complexity index is 341. The van der Waals surface area contributed by atoms with Gasteiger partial charge in [-0.15, -0.1) is 0 Å². The summed E-state index contributed by atoms with van der Waals surface area (Å²) < 4.78 is 5.36. The van der Waals surface area contributed by atoms with Crippen LogP contribution in [-0.4, -0.2) is 22.1 Å². The van der Waals surface area contributed by atoms with Gasteiger partial charge in [0.15, 0.2) is 5.82 Å². The molecule has 1 heterocycles. The number of hydrogen-bond acceptors (Lipinski definition) is 5. The minimum Gasteiger partial charge on any atom is -0.373 e. The van der Waals surface area contributed by atoms with Crippen molar-refractivity contribution in [1.82, 2.24) is 15.0 Å². The van der Waals surface area contributed by atoms with Crippen LogP contribution in [0, 0.1) is 0 Å². The Morgan fingerprint density at radius 2 is 1.81 bits per heavy atom. The fourth-order valence-corrected chi connectivity index (χ4v) is 1.44. The number of nitrogen functional groups attached to an aromatic ring is 1. The van der Waals surface area contributed by atoms with E-state index >= 15 is 0 Å². The first kappa shape index (κ1) is 12.8. The Morgan fingerprint density at radius 1 is 1.19 bits per heavy atom. The van der Waals surface area contributed by atoms with E-state index < -0.39 is 0 Å². The topological polar surface area (TPSA) is 73.9 Å². The van der Waals surface area contributed by atoms with Gasteiger partial charge in [-0.3, -0.25) is 0 Å². The van der Waals surface area contributed by atoms with E-state index in [1.807, 2.05) is 13.8 Å². The van der Waals surface area contributed by atoms with Crippen molar-refractivity contribution in [2.45, 2.75) is 45.6 Å². The van der Waals surface area contributed by atoms with Gasteiger partial charge in [-0.25, -0.2) is 4.98 Å². The van der Waals surface area contributed by atoms with Crippen molar-refractivity contribution < 1.29 is 4.74 Å². The molecule has 5 heteroatoms. The average Bonchev–Trinajstić information content (AvgIpc) is 2.24. The zero-order valence-electron chi connectivity index (χ0n) is 10.4. The van der Waals surface area contributed by atoms with Crippen LogP contribution in [0.25, 0.3) is 0 Å². The molecule has 16 heavy (non-hydrogen) atoms. The molecule has 0 bridgehead atoms. The Hall–Kier alpha value is -1.23. The molecule has 0 aliphatic heterocycles. The van der Waals surface area contributed by atoms with Gasteiger partial charge < -0.3 is 10.5 Å². The molecular formula is C11H20N4O. The molecule has 0 spiro atoms. The summed E-state index contributed by atoms with van der Waals surface area (Å²) in [6, 6.07) is 0. The Balaban J connectivity index is 3.02. The normalized spacial score (nSPS) is 13.1. The van der Waals surface area contributed by atoms with E-state index in [1.54, 1.807) is 7.11 Å². The van der Waals surface area contributed by atoms with Crippen LogP contribution in [-0.2, 0) is 4.74 Å². The SMILES string of the molecule is CCCC(OC)c1nc(N)nc(C(C)C)n1. The maximum atomic E-state index is 5.67. The van der Waals surface area contributed by atoms with E-state index in [0.29, 0.717) is 5.82 Å². The molecule has 2 N–H and O–H groups in total. The van der Waals surface area contributed by atoms with Crippen molar-refractivity contribution >= 4 is 5.95 Å². The fraction of sp³-hybridized carbons (Fsp3) is 0.727. The highest BCUT2D eigenvalue weighted by Gasteiger charge is 2.16. The molecule has 0 saturated heterocycles. The van der Waals surface area contributed by atoms with Crippen LogP contribution < -0.4 is 5.73 Å². The zero-order chi connectivity index (χ0) is 12.1. The molecule has 0 amide bonds. The molecule has 1 rings (SSSR count). The maximum Gasteiger partial charge on any atom is 0.223 e. The van der Waals surface area contributed by atoms with Crippen molar-refractivity contribution in [3.05, 3.63) is 11.6 Å². The lowest BCUT2D eigenvalue weighted by Crippen LogP contribution is -2.13. The highest BCUT2D eigenvalue weighted by atomic mass is 16.5. The third-order valence-corrected chi connectivity index (χ3v) is 2.33. The van der Waals surface area contributed by atoms with Gasteiger partial charge in [-0.2, -0.15) is 9.97 Å². The molecule has 90 valence electrons. The van der Waals surface area contributed by atoms with Crippen molar-refractivity contribution in [3.63, 3.8) is 0 Å². The number of nitrogens with zero attached hydrogens (tertiary/aromatic N) is 3. The smallest absolute Gasteiger partial charge is 0.223 e. The highest BCUT2D eigenvalue weighted by molar-refractivity contribution is 5.18. The molecular weight excluding hydrogens is 204 g/mol. The highest BCUT2D eigenvalue weighted by Crippen LogP contribution is 2.20. The molecule has 5 nitrogen and oxygen atoms in total. The number of anilines is 1. The van der Waals surface area contributed by atoms with Crippen LogP contribution in [0.1, 0.15) is 57.3 Å². The number of rotatable bonds is 5. The minimum atomic E-state index is -0.0900. The largest absolute Gasteiger partial charge is 0.373 e. The van der Waals surface area contributed by atoms with E-state index in [0.717, 1.165) is 18.7 Å². The summed E-state index contributed by atoms with van der Waals surface area (Å²) >= 11 is 0. The van der Waals surface area contributed by atoms with Gasteiger partial charge in [0, 0.05) is 13.0 Å². The summed E-state index contributed by atoms with van der Waals surface area (Å²) in [5.41, 5.74) is 5.67. The first-order valence-corrected chi connectivity index (χ1v) is 5.62. The van der Waals surface area contributed by atoms with Gasteiger partial charge in [-0.1, -0.05) is 27.2 Å². The van der Waals surface area contributed by atoms with Gasteiger partial charge >= 0.3 is 0 Å². The number of ether oxygens (including phenoxy) is 1. The number of hydrogen-bond donors (Lipinski definition) is 1. The summed E-state index contributed by atoms with van der Waals surface area (Å²) in [6.45, 7) is 6.15.